The van der Waals surface area contributed by atoms with Crippen molar-refractivity contribution in [3.8, 4) is 5.69 Å². The number of guanidine groups is 1. The van der Waals surface area contributed by atoms with E-state index in [1.54, 1.807) is 0 Å². The van der Waals surface area contributed by atoms with E-state index < -0.39 is 0 Å². The van der Waals surface area contributed by atoms with Gasteiger partial charge in [-0.1, -0.05) is 18.2 Å². The molecule has 1 aliphatic heterocycles. The van der Waals surface area contributed by atoms with Crippen LogP contribution in [0.2, 0.25) is 0 Å². The number of para-hydroxylation sites is 1. The molecule has 2 aromatic rings. The smallest absolute Gasteiger partial charge is 0.191 e. The standard InChI is InChI=1S/C17H21N5.HI/c1-2-6-13(7-3-1)22-16-9-4-8-14(16)15(21-22)12-20-17-18-10-5-11-19-17;/h1-3,6-7H,4-5,8-12H2,(H2,18,19,20);1H. The van der Waals surface area contributed by atoms with Gasteiger partial charge >= 0.3 is 0 Å². The number of halogens is 1. The van der Waals surface area contributed by atoms with Gasteiger partial charge in [-0.05, 0) is 43.4 Å². The molecule has 0 atom stereocenters. The zero-order valence-electron chi connectivity index (χ0n) is 13.1. The van der Waals surface area contributed by atoms with Crippen LogP contribution in [0.4, 0.5) is 0 Å². The molecule has 0 saturated heterocycles. The van der Waals surface area contributed by atoms with Gasteiger partial charge < -0.3 is 10.6 Å². The lowest BCUT2D eigenvalue weighted by Gasteiger charge is -2.15. The summed E-state index contributed by atoms with van der Waals surface area (Å²) in [5.74, 6) is 0.909. The molecule has 0 unspecified atom stereocenters. The Balaban J connectivity index is 0.00000156. The number of nitrogens with zero attached hydrogens (tertiary/aromatic N) is 3. The van der Waals surface area contributed by atoms with Crippen LogP contribution in [0.15, 0.2) is 35.3 Å². The van der Waals surface area contributed by atoms with Crippen LogP contribution in [0.5, 0.6) is 0 Å². The predicted molar refractivity (Wildman–Crippen MR) is 103 cm³/mol. The van der Waals surface area contributed by atoms with E-state index in [1.807, 2.05) is 6.07 Å². The Kier molecular flexibility index (Phi) is 5.20. The summed E-state index contributed by atoms with van der Waals surface area (Å²) >= 11 is 0. The third-order valence-electron chi connectivity index (χ3n) is 4.33. The first-order valence-corrected chi connectivity index (χ1v) is 8.09. The maximum Gasteiger partial charge on any atom is 0.191 e. The lowest BCUT2D eigenvalue weighted by atomic mass is 10.2. The highest BCUT2D eigenvalue weighted by Crippen LogP contribution is 2.27. The Labute approximate surface area is 153 Å². The lowest BCUT2D eigenvalue weighted by Crippen LogP contribution is -2.40. The molecule has 0 bridgehead atoms. The SMILES string of the molecule is I.c1ccc(-n2nc(CNC3=NCCCN3)c3c2CCC3)cc1. The number of fused-ring (bicyclic) bond motifs is 1. The third kappa shape index (κ3) is 3.36. The van der Waals surface area contributed by atoms with Crippen molar-refractivity contribution in [2.75, 3.05) is 13.1 Å². The second-order valence-electron chi connectivity index (χ2n) is 5.84. The minimum Gasteiger partial charge on any atom is -0.356 e. The molecule has 6 heteroatoms. The first kappa shape index (κ1) is 16.3. The Morgan fingerprint density at radius 2 is 2.00 bits per heavy atom. The summed E-state index contributed by atoms with van der Waals surface area (Å²) in [6.07, 6.45) is 4.60. The van der Waals surface area contributed by atoms with Gasteiger partial charge in [0.25, 0.3) is 0 Å². The molecule has 0 saturated carbocycles. The molecule has 0 fully saturated rings. The monoisotopic (exact) mass is 423 g/mol. The van der Waals surface area contributed by atoms with Crippen LogP contribution in [0.25, 0.3) is 5.69 Å². The van der Waals surface area contributed by atoms with Crippen LogP contribution >= 0.6 is 24.0 Å². The van der Waals surface area contributed by atoms with Gasteiger partial charge in [0.2, 0.25) is 0 Å². The third-order valence-corrected chi connectivity index (χ3v) is 4.33. The van der Waals surface area contributed by atoms with Gasteiger partial charge in [0, 0.05) is 18.8 Å². The normalized spacial score (nSPS) is 16.1. The predicted octanol–water partition coefficient (Wildman–Crippen LogP) is 2.42. The van der Waals surface area contributed by atoms with Crippen molar-refractivity contribution < 1.29 is 0 Å². The molecule has 2 N–H and O–H groups in total. The molecule has 0 spiro atoms. The highest BCUT2D eigenvalue weighted by Gasteiger charge is 2.23. The van der Waals surface area contributed by atoms with E-state index in [-0.39, 0.29) is 24.0 Å². The van der Waals surface area contributed by atoms with E-state index in [0.717, 1.165) is 56.2 Å². The molecular weight excluding hydrogens is 401 g/mol. The van der Waals surface area contributed by atoms with Crippen molar-refractivity contribution >= 4 is 29.9 Å². The molecule has 0 amide bonds. The maximum atomic E-state index is 4.86. The second-order valence-corrected chi connectivity index (χ2v) is 5.84. The number of benzene rings is 1. The lowest BCUT2D eigenvalue weighted by molar-refractivity contribution is 0.689. The van der Waals surface area contributed by atoms with Crippen LogP contribution in [0.3, 0.4) is 0 Å². The number of aromatic nitrogens is 2. The fraction of sp³-hybridized carbons (Fsp3) is 0.412. The zero-order valence-corrected chi connectivity index (χ0v) is 15.4. The molecule has 1 aromatic heterocycles. The molecule has 1 aromatic carbocycles. The van der Waals surface area contributed by atoms with Gasteiger partial charge in [-0.3, -0.25) is 4.99 Å². The average Bonchev–Trinajstić information content (AvgIpc) is 3.17. The zero-order chi connectivity index (χ0) is 14.8. The average molecular weight is 423 g/mol. The Bertz CT molecular complexity index is 693. The molecule has 0 radical (unpaired) electrons. The minimum atomic E-state index is 0. The Hall–Kier alpha value is -1.57. The van der Waals surface area contributed by atoms with Crippen LogP contribution in [0, 0.1) is 0 Å². The maximum absolute atomic E-state index is 4.86. The molecule has 2 heterocycles. The van der Waals surface area contributed by atoms with E-state index in [4.69, 9.17) is 5.10 Å². The first-order valence-electron chi connectivity index (χ1n) is 8.09. The van der Waals surface area contributed by atoms with Crippen molar-refractivity contribution in [2.24, 2.45) is 4.99 Å². The van der Waals surface area contributed by atoms with Gasteiger partial charge in [-0.15, -0.1) is 24.0 Å². The molecule has 1 aliphatic carbocycles. The summed E-state index contributed by atoms with van der Waals surface area (Å²) in [4.78, 5) is 4.46. The van der Waals surface area contributed by atoms with Crippen molar-refractivity contribution in [3.05, 3.63) is 47.3 Å². The largest absolute Gasteiger partial charge is 0.356 e. The number of aliphatic imine (C=N–C) groups is 1. The highest BCUT2D eigenvalue weighted by molar-refractivity contribution is 14.0. The molecular formula is C17H22IN5. The molecule has 5 nitrogen and oxygen atoms in total. The van der Waals surface area contributed by atoms with E-state index in [1.165, 1.54) is 17.7 Å². The van der Waals surface area contributed by atoms with Crippen molar-refractivity contribution in [1.82, 2.24) is 20.4 Å². The van der Waals surface area contributed by atoms with Gasteiger partial charge in [0.05, 0.1) is 17.9 Å². The minimum absolute atomic E-state index is 0. The van der Waals surface area contributed by atoms with E-state index in [9.17, 15) is 0 Å². The van der Waals surface area contributed by atoms with E-state index in [2.05, 4.69) is 44.6 Å². The first-order chi connectivity index (χ1) is 10.9. The molecule has 2 aliphatic rings. The number of hydrogen-bond donors (Lipinski definition) is 2. The topological polar surface area (TPSA) is 54.2 Å². The fourth-order valence-electron chi connectivity index (χ4n) is 3.26. The van der Waals surface area contributed by atoms with Crippen LogP contribution < -0.4 is 10.6 Å². The van der Waals surface area contributed by atoms with Crippen molar-refractivity contribution in [2.45, 2.75) is 32.2 Å². The van der Waals surface area contributed by atoms with Crippen LogP contribution in [0.1, 0.15) is 29.8 Å². The number of hydrogen-bond acceptors (Lipinski definition) is 4. The molecule has 122 valence electrons. The molecule has 4 rings (SSSR count). The van der Waals surface area contributed by atoms with Crippen LogP contribution in [-0.2, 0) is 19.4 Å². The number of nitrogens with one attached hydrogen (secondary N) is 2. The van der Waals surface area contributed by atoms with Crippen molar-refractivity contribution in [1.29, 1.82) is 0 Å². The second kappa shape index (κ2) is 7.33. The Morgan fingerprint density at radius 1 is 1.13 bits per heavy atom. The highest BCUT2D eigenvalue weighted by atomic mass is 127. The quantitative estimate of drug-likeness (QED) is 0.746. The summed E-state index contributed by atoms with van der Waals surface area (Å²) in [5, 5.41) is 11.6. The van der Waals surface area contributed by atoms with Gasteiger partial charge in [0.1, 0.15) is 0 Å². The van der Waals surface area contributed by atoms with Gasteiger partial charge in [0.15, 0.2) is 5.96 Å². The Morgan fingerprint density at radius 3 is 2.78 bits per heavy atom. The van der Waals surface area contributed by atoms with Gasteiger partial charge in [-0.25, -0.2) is 4.68 Å². The summed E-state index contributed by atoms with van der Waals surface area (Å²) in [7, 11) is 0. The molecule has 23 heavy (non-hydrogen) atoms. The summed E-state index contributed by atoms with van der Waals surface area (Å²) < 4.78 is 2.12. The van der Waals surface area contributed by atoms with Crippen LogP contribution in [-0.4, -0.2) is 28.8 Å². The summed E-state index contributed by atoms with van der Waals surface area (Å²) in [5.41, 5.74) is 5.11. The summed E-state index contributed by atoms with van der Waals surface area (Å²) in [6.45, 7) is 2.66. The van der Waals surface area contributed by atoms with Gasteiger partial charge in [-0.2, -0.15) is 5.10 Å². The van der Waals surface area contributed by atoms with Crippen molar-refractivity contribution in [3.63, 3.8) is 0 Å². The van der Waals surface area contributed by atoms with E-state index >= 15 is 0 Å². The van der Waals surface area contributed by atoms with E-state index in [0.29, 0.717) is 0 Å². The summed E-state index contributed by atoms with van der Waals surface area (Å²) in [6, 6.07) is 10.4. The fourth-order valence-corrected chi connectivity index (χ4v) is 3.26. The number of rotatable bonds is 3.